The number of piperidine rings is 1. The topological polar surface area (TPSA) is 84.2 Å². The summed E-state index contributed by atoms with van der Waals surface area (Å²) in [7, 11) is 1.58. The minimum absolute atomic E-state index is 0.00465. The molecule has 7 heteroatoms. The van der Waals surface area contributed by atoms with Crippen molar-refractivity contribution in [3.63, 3.8) is 0 Å². The van der Waals surface area contributed by atoms with Crippen molar-refractivity contribution in [3.8, 4) is 11.3 Å². The van der Waals surface area contributed by atoms with Crippen molar-refractivity contribution in [2.45, 2.75) is 31.8 Å². The van der Waals surface area contributed by atoms with Gasteiger partial charge in [-0.25, -0.2) is 0 Å². The number of ether oxygens (including phenoxy) is 1. The van der Waals surface area contributed by atoms with Crippen molar-refractivity contribution in [1.82, 2.24) is 20.3 Å². The van der Waals surface area contributed by atoms with E-state index in [4.69, 9.17) is 9.26 Å². The van der Waals surface area contributed by atoms with E-state index in [-0.39, 0.29) is 11.8 Å². The van der Waals surface area contributed by atoms with Crippen LogP contribution in [0.1, 0.15) is 41.8 Å². The van der Waals surface area contributed by atoms with Crippen LogP contribution >= 0.6 is 0 Å². The summed E-state index contributed by atoms with van der Waals surface area (Å²) < 4.78 is 11.0. The first-order valence-electron chi connectivity index (χ1n) is 9.51. The standard InChI is InChI=1S/C21H24N4O3/c1-14-11-18(28-24-14)17-12-22-23-19(17)16-9-6-10-25(13-16)21(26)20(27-2)15-7-4-3-5-8-15/h3-5,7-8,11-12,16,20H,6,9-10,13H2,1-2H3,(H,22,23). The highest BCUT2D eigenvalue weighted by Gasteiger charge is 2.32. The predicted octanol–water partition coefficient (Wildman–Crippen LogP) is 3.47. The number of benzene rings is 1. The van der Waals surface area contributed by atoms with E-state index in [1.165, 1.54) is 0 Å². The molecule has 0 saturated carbocycles. The van der Waals surface area contributed by atoms with Gasteiger partial charge in [-0.1, -0.05) is 35.5 Å². The Labute approximate surface area is 163 Å². The van der Waals surface area contributed by atoms with Crippen molar-refractivity contribution >= 4 is 5.91 Å². The molecule has 1 aliphatic rings. The number of rotatable bonds is 5. The fourth-order valence-electron chi connectivity index (χ4n) is 3.88. The van der Waals surface area contributed by atoms with Gasteiger partial charge in [0.1, 0.15) is 0 Å². The predicted molar refractivity (Wildman–Crippen MR) is 104 cm³/mol. The van der Waals surface area contributed by atoms with Crippen LogP contribution in [0.5, 0.6) is 0 Å². The van der Waals surface area contributed by atoms with Crippen molar-refractivity contribution in [1.29, 1.82) is 0 Å². The molecule has 1 fully saturated rings. The Kier molecular flexibility index (Phi) is 5.25. The average molecular weight is 380 g/mol. The van der Waals surface area contributed by atoms with Crippen LogP contribution in [0.4, 0.5) is 0 Å². The van der Waals surface area contributed by atoms with E-state index in [0.29, 0.717) is 12.3 Å². The first kappa shape index (κ1) is 18.4. The number of hydrogen-bond acceptors (Lipinski definition) is 5. The number of hydrogen-bond donors (Lipinski definition) is 1. The molecule has 4 rings (SSSR count). The Morgan fingerprint density at radius 3 is 2.89 bits per heavy atom. The number of aryl methyl sites for hydroxylation is 1. The molecular formula is C21H24N4O3. The molecule has 0 bridgehead atoms. The van der Waals surface area contributed by atoms with E-state index in [2.05, 4.69) is 15.4 Å². The largest absolute Gasteiger partial charge is 0.367 e. The second kappa shape index (κ2) is 7.98. The van der Waals surface area contributed by atoms with Gasteiger partial charge in [-0.05, 0) is 25.3 Å². The normalized spacial score (nSPS) is 18.2. The van der Waals surface area contributed by atoms with Crippen molar-refractivity contribution < 1.29 is 14.1 Å². The fourth-order valence-corrected chi connectivity index (χ4v) is 3.88. The number of H-pyrrole nitrogens is 1. The number of aromatic nitrogens is 3. The van der Waals surface area contributed by atoms with Gasteiger partial charge < -0.3 is 14.2 Å². The van der Waals surface area contributed by atoms with Gasteiger partial charge in [0, 0.05) is 32.2 Å². The Morgan fingerprint density at radius 1 is 1.36 bits per heavy atom. The van der Waals surface area contributed by atoms with Gasteiger partial charge in [0.15, 0.2) is 11.9 Å². The molecule has 3 heterocycles. The van der Waals surface area contributed by atoms with Crippen molar-refractivity contribution in [3.05, 3.63) is 59.5 Å². The van der Waals surface area contributed by atoms with E-state index in [9.17, 15) is 4.79 Å². The molecule has 3 aromatic rings. The molecular weight excluding hydrogens is 356 g/mol. The maximum Gasteiger partial charge on any atom is 0.256 e. The van der Waals surface area contributed by atoms with E-state index in [1.807, 2.05) is 48.2 Å². The lowest BCUT2D eigenvalue weighted by Crippen LogP contribution is -2.42. The highest BCUT2D eigenvalue weighted by Crippen LogP contribution is 2.34. The molecule has 1 N–H and O–H groups in total. The van der Waals surface area contributed by atoms with E-state index >= 15 is 0 Å². The number of likely N-dealkylation sites (tertiary alicyclic amines) is 1. The number of carbonyl (C=O) groups excluding carboxylic acids is 1. The monoisotopic (exact) mass is 380 g/mol. The van der Waals surface area contributed by atoms with E-state index < -0.39 is 6.10 Å². The van der Waals surface area contributed by atoms with Crippen LogP contribution in [0.15, 0.2) is 47.1 Å². The molecule has 1 saturated heterocycles. The lowest BCUT2D eigenvalue weighted by Gasteiger charge is -2.34. The van der Waals surface area contributed by atoms with Crippen LogP contribution in [0.25, 0.3) is 11.3 Å². The SMILES string of the molecule is COC(C(=O)N1CCCC(c2[nH]ncc2-c2cc(C)no2)C1)c1ccccc1. The van der Waals surface area contributed by atoms with Gasteiger partial charge in [-0.3, -0.25) is 9.89 Å². The molecule has 7 nitrogen and oxygen atoms in total. The van der Waals surface area contributed by atoms with Crippen LogP contribution in [0.3, 0.4) is 0 Å². The van der Waals surface area contributed by atoms with Gasteiger partial charge in [0.05, 0.1) is 23.1 Å². The molecule has 2 aromatic heterocycles. The molecule has 2 unspecified atom stereocenters. The van der Waals surface area contributed by atoms with Gasteiger partial charge in [-0.2, -0.15) is 5.10 Å². The zero-order valence-electron chi connectivity index (χ0n) is 16.1. The molecule has 0 aliphatic carbocycles. The lowest BCUT2D eigenvalue weighted by atomic mass is 9.91. The molecule has 1 aliphatic heterocycles. The Hall–Kier alpha value is -2.93. The van der Waals surface area contributed by atoms with Crippen LogP contribution in [0, 0.1) is 6.92 Å². The summed E-state index contributed by atoms with van der Waals surface area (Å²) in [6, 6.07) is 11.5. The molecule has 28 heavy (non-hydrogen) atoms. The van der Waals surface area contributed by atoms with Gasteiger partial charge >= 0.3 is 0 Å². The second-order valence-corrected chi connectivity index (χ2v) is 7.18. The smallest absolute Gasteiger partial charge is 0.256 e. The van der Waals surface area contributed by atoms with E-state index in [1.54, 1.807) is 13.3 Å². The number of nitrogens with zero attached hydrogens (tertiary/aromatic N) is 3. The summed E-state index contributed by atoms with van der Waals surface area (Å²) in [6.07, 6.45) is 3.08. The summed E-state index contributed by atoms with van der Waals surface area (Å²) in [5.41, 5.74) is 3.60. The molecule has 146 valence electrons. The third-order valence-corrected chi connectivity index (χ3v) is 5.27. The molecule has 1 aromatic carbocycles. The maximum absolute atomic E-state index is 13.1. The number of methoxy groups -OCH3 is 1. The van der Waals surface area contributed by atoms with Gasteiger partial charge in [0.25, 0.3) is 5.91 Å². The average Bonchev–Trinajstić information content (AvgIpc) is 3.38. The Morgan fingerprint density at radius 2 is 2.18 bits per heavy atom. The van der Waals surface area contributed by atoms with Crippen LogP contribution in [-0.2, 0) is 9.53 Å². The summed E-state index contributed by atoms with van der Waals surface area (Å²) in [5, 5.41) is 11.3. The number of amides is 1. The van der Waals surface area contributed by atoms with Crippen LogP contribution in [-0.4, -0.2) is 46.4 Å². The summed E-state index contributed by atoms with van der Waals surface area (Å²) in [6.45, 7) is 3.24. The van der Waals surface area contributed by atoms with Crippen molar-refractivity contribution in [2.24, 2.45) is 0 Å². The first-order valence-corrected chi connectivity index (χ1v) is 9.51. The first-order chi connectivity index (χ1) is 13.7. The maximum atomic E-state index is 13.1. The zero-order valence-corrected chi connectivity index (χ0v) is 16.1. The Bertz CT molecular complexity index is 934. The number of carbonyl (C=O) groups is 1. The third kappa shape index (κ3) is 3.57. The minimum Gasteiger partial charge on any atom is -0.367 e. The fraction of sp³-hybridized carbons (Fsp3) is 0.381. The quantitative estimate of drug-likeness (QED) is 0.733. The molecule has 0 spiro atoms. The zero-order chi connectivity index (χ0) is 19.5. The lowest BCUT2D eigenvalue weighted by molar-refractivity contribution is -0.143. The highest BCUT2D eigenvalue weighted by atomic mass is 16.5. The van der Waals surface area contributed by atoms with Crippen molar-refractivity contribution in [2.75, 3.05) is 20.2 Å². The summed E-state index contributed by atoms with van der Waals surface area (Å²) in [5.74, 6) is 0.854. The van der Waals surface area contributed by atoms with Gasteiger partial charge in [0.2, 0.25) is 0 Å². The summed E-state index contributed by atoms with van der Waals surface area (Å²) >= 11 is 0. The van der Waals surface area contributed by atoms with E-state index in [0.717, 1.165) is 41.9 Å². The number of aromatic amines is 1. The Balaban J connectivity index is 1.54. The van der Waals surface area contributed by atoms with Gasteiger partial charge in [-0.15, -0.1) is 0 Å². The molecule has 1 amide bonds. The molecule has 2 atom stereocenters. The van der Waals surface area contributed by atoms with Crippen LogP contribution in [0.2, 0.25) is 0 Å². The third-order valence-electron chi connectivity index (χ3n) is 5.27. The van der Waals surface area contributed by atoms with Crippen LogP contribution < -0.4 is 0 Å². The second-order valence-electron chi connectivity index (χ2n) is 7.18. The minimum atomic E-state index is -0.585. The molecule has 0 radical (unpaired) electrons. The summed E-state index contributed by atoms with van der Waals surface area (Å²) in [4.78, 5) is 15.0. The number of nitrogens with one attached hydrogen (secondary N) is 1. The highest BCUT2D eigenvalue weighted by molar-refractivity contribution is 5.82.